The molecule has 0 saturated heterocycles. The van der Waals surface area contributed by atoms with Crippen LogP contribution in [0.5, 0.6) is 0 Å². The lowest BCUT2D eigenvalue weighted by Crippen LogP contribution is -2.30. The van der Waals surface area contributed by atoms with E-state index in [-0.39, 0.29) is 31.6 Å². The van der Waals surface area contributed by atoms with E-state index in [9.17, 15) is 14.4 Å². The predicted molar refractivity (Wildman–Crippen MR) is 297 cm³/mol. The molecule has 0 aromatic rings. The quantitative estimate of drug-likeness (QED) is 0.0262. The molecule has 0 spiro atoms. The number of carbonyl (C=O) groups excluding carboxylic acids is 3. The Kier molecular flexibility index (Phi) is 52.1. The maximum atomic E-state index is 12.8. The average molecular weight is 951 g/mol. The monoisotopic (exact) mass is 951 g/mol. The van der Waals surface area contributed by atoms with E-state index < -0.39 is 12.1 Å². The maximum absolute atomic E-state index is 12.8. The van der Waals surface area contributed by atoms with E-state index in [1.807, 2.05) is 12.2 Å². The molecule has 6 heteroatoms. The van der Waals surface area contributed by atoms with Crippen molar-refractivity contribution in [1.29, 1.82) is 0 Å². The normalized spacial score (nSPS) is 13.3. The molecule has 0 heterocycles. The van der Waals surface area contributed by atoms with Gasteiger partial charge in [-0.05, 0) is 122 Å². The summed E-state index contributed by atoms with van der Waals surface area (Å²) in [7, 11) is 0. The van der Waals surface area contributed by atoms with Gasteiger partial charge in [0, 0.05) is 19.3 Å². The average Bonchev–Trinajstić information content (AvgIpc) is 3.35. The third-order valence-corrected chi connectivity index (χ3v) is 10.8. The molecule has 0 N–H and O–H groups in total. The summed E-state index contributed by atoms with van der Waals surface area (Å²) in [5.41, 5.74) is 0. The fraction of sp³-hybridized carbons (Fsp3) is 0.571. The molecule has 6 nitrogen and oxygen atoms in total. The van der Waals surface area contributed by atoms with Crippen LogP contribution in [0, 0.1) is 0 Å². The van der Waals surface area contributed by atoms with Gasteiger partial charge in [0.05, 0.1) is 0 Å². The molecule has 0 aliphatic carbocycles. The smallest absolute Gasteiger partial charge is 0.306 e. The molecular formula is C63H98O6. The lowest BCUT2D eigenvalue weighted by Gasteiger charge is -2.18. The largest absolute Gasteiger partial charge is 0.462 e. The minimum absolute atomic E-state index is 0.127. The van der Waals surface area contributed by atoms with Gasteiger partial charge in [0.25, 0.3) is 0 Å². The van der Waals surface area contributed by atoms with E-state index >= 15 is 0 Å². The van der Waals surface area contributed by atoms with E-state index in [1.165, 1.54) is 38.5 Å². The minimum atomic E-state index is -0.840. The summed E-state index contributed by atoms with van der Waals surface area (Å²) in [5.74, 6) is -1.06. The second kappa shape index (κ2) is 55.9. The van der Waals surface area contributed by atoms with Gasteiger partial charge in [0.15, 0.2) is 6.10 Å². The van der Waals surface area contributed by atoms with E-state index in [2.05, 4.69) is 154 Å². The zero-order valence-corrected chi connectivity index (χ0v) is 44.0. The highest BCUT2D eigenvalue weighted by atomic mass is 16.6. The van der Waals surface area contributed by atoms with Crippen LogP contribution in [0.25, 0.3) is 0 Å². The van der Waals surface area contributed by atoms with Crippen LogP contribution in [0.3, 0.4) is 0 Å². The number of rotatable bonds is 47. The highest BCUT2D eigenvalue weighted by Gasteiger charge is 2.19. The van der Waals surface area contributed by atoms with Gasteiger partial charge in [0.2, 0.25) is 0 Å². The first-order valence-corrected chi connectivity index (χ1v) is 27.3. The zero-order valence-electron chi connectivity index (χ0n) is 44.0. The van der Waals surface area contributed by atoms with Gasteiger partial charge < -0.3 is 14.2 Å². The first-order chi connectivity index (χ1) is 34.0. The van der Waals surface area contributed by atoms with Crippen LogP contribution in [0.2, 0.25) is 0 Å². The number of carbonyl (C=O) groups is 3. The molecule has 0 saturated carbocycles. The molecule has 0 rings (SSSR count). The van der Waals surface area contributed by atoms with Crippen molar-refractivity contribution in [2.45, 2.75) is 219 Å². The van der Waals surface area contributed by atoms with E-state index in [0.717, 1.165) is 128 Å². The molecule has 0 aliphatic heterocycles. The number of esters is 3. The molecular weight excluding hydrogens is 853 g/mol. The third kappa shape index (κ3) is 54.1. The zero-order chi connectivity index (χ0) is 50.0. The molecule has 0 amide bonds. The summed E-state index contributed by atoms with van der Waals surface area (Å²) in [6, 6.07) is 0. The predicted octanol–water partition coefficient (Wildman–Crippen LogP) is 18.4. The SMILES string of the molecule is CC/C=C\C/C=C\C/C=C\C/C=C\C/C=C\CCC(=O)OC(COC(=O)CCCCC/C=C\C/C=C\C/C=C\C/C=C\CC)COC(=O)CCCCCCCCCCC/C=C\C/C=C\C/C=C\CC. The number of hydrogen-bond acceptors (Lipinski definition) is 6. The summed E-state index contributed by atoms with van der Waals surface area (Å²) < 4.78 is 16.7. The van der Waals surface area contributed by atoms with Crippen LogP contribution in [0.15, 0.2) is 146 Å². The lowest BCUT2D eigenvalue weighted by molar-refractivity contribution is -0.166. The van der Waals surface area contributed by atoms with Crippen LogP contribution >= 0.6 is 0 Å². The second-order valence-corrected chi connectivity index (χ2v) is 17.3. The van der Waals surface area contributed by atoms with E-state index in [1.54, 1.807) is 0 Å². The molecule has 69 heavy (non-hydrogen) atoms. The summed E-state index contributed by atoms with van der Waals surface area (Å²) in [6.45, 7) is 6.19. The molecule has 0 aromatic carbocycles. The van der Waals surface area contributed by atoms with Crippen molar-refractivity contribution in [2.24, 2.45) is 0 Å². The summed E-state index contributed by atoms with van der Waals surface area (Å²) in [4.78, 5) is 38.1. The topological polar surface area (TPSA) is 78.9 Å². The molecule has 386 valence electrons. The Morgan fingerprint density at radius 2 is 0.551 bits per heavy atom. The fourth-order valence-corrected chi connectivity index (χ4v) is 6.85. The Morgan fingerprint density at radius 3 is 0.884 bits per heavy atom. The molecule has 1 unspecified atom stereocenters. The van der Waals surface area contributed by atoms with Gasteiger partial charge in [-0.2, -0.15) is 0 Å². The van der Waals surface area contributed by atoms with Crippen molar-refractivity contribution >= 4 is 17.9 Å². The Bertz CT molecular complexity index is 1560. The van der Waals surface area contributed by atoms with E-state index in [0.29, 0.717) is 19.3 Å². The highest BCUT2D eigenvalue weighted by molar-refractivity contribution is 5.71. The third-order valence-electron chi connectivity index (χ3n) is 10.8. The molecule has 0 radical (unpaired) electrons. The van der Waals surface area contributed by atoms with Gasteiger partial charge >= 0.3 is 17.9 Å². The molecule has 0 aliphatic rings. The van der Waals surface area contributed by atoms with Crippen LogP contribution in [-0.4, -0.2) is 37.2 Å². The van der Waals surface area contributed by atoms with Crippen LogP contribution in [0.1, 0.15) is 213 Å². The summed E-state index contributed by atoms with van der Waals surface area (Å²) in [6.07, 6.45) is 79.9. The van der Waals surface area contributed by atoms with Gasteiger partial charge in [-0.3, -0.25) is 14.4 Å². The molecule has 1 atom stereocenters. The van der Waals surface area contributed by atoms with Gasteiger partial charge in [-0.25, -0.2) is 0 Å². The van der Waals surface area contributed by atoms with Crippen molar-refractivity contribution < 1.29 is 28.6 Å². The van der Waals surface area contributed by atoms with Crippen molar-refractivity contribution in [3.63, 3.8) is 0 Å². The second-order valence-electron chi connectivity index (χ2n) is 17.3. The first kappa shape index (κ1) is 64.3. The number of unbranched alkanes of at least 4 members (excludes halogenated alkanes) is 12. The molecule has 0 bridgehead atoms. The number of hydrogen-bond donors (Lipinski definition) is 0. The van der Waals surface area contributed by atoms with Gasteiger partial charge in [-0.1, -0.05) is 218 Å². The summed E-state index contributed by atoms with van der Waals surface area (Å²) >= 11 is 0. The minimum Gasteiger partial charge on any atom is -0.462 e. The molecule has 0 fully saturated rings. The van der Waals surface area contributed by atoms with Crippen molar-refractivity contribution in [1.82, 2.24) is 0 Å². The number of ether oxygens (including phenoxy) is 3. The van der Waals surface area contributed by atoms with Crippen molar-refractivity contribution in [3.8, 4) is 0 Å². The van der Waals surface area contributed by atoms with Crippen LogP contribution in [-0.2, 0) is 28.6 Å². The highest BCUT2D eigenvalue weighted by Crippen LogP contribution is 2.13. The maximum Gasteiger partial charge on any atom is 0.306 e. The van der Waals surface area contributed by atoms with Crippen molar-refractivity contribution in [2.75, 3.05) is 13.2 Å². The van der Waals surface area contributed by atoms with Gasteiger partial charge in [-0.15, -0.1) is 0 Å². The van der Waals surface area contributed by atoms with Crippen LogP contribution < -0.4 is 0 Å². The Labute approximate surface area is 423 Å². The number of allylic oxidation sites excluding steroid dienone is 24. The van der Waals surface area contributed by atoms with Gasteiger partial charge in [0.1, 0.15) is 13.2 Å². The Morgan fingerprint density at radius 1 is 0.290 bits per heavy atom. The van der Waals surface area contributed by atoms with Crippen molar-refractivity contribution in [3.05, 3.63) is 146 Å². The standard InChI is InChI=1S/C63H98O6/c1-4-7-10-13-16-19-22-25-28-31-32-33-36-38-41-44-47-50-53-56-62(65)68-59-60(69-63(66)57-54-51-48-45-42-39-35-30-27-24-21-18-15-12-9-6-3)58-67-61(64)55-52-49-46-43-40-37-34-29-26-23-20-17-14-11-8-5-2/h7-12,16-21,25-30,37,39-40,42,48,51,60H,4-6,13-15,22-24,31-36,38,41,43-47,49-50,52-59H2,1-3H3/b10-7-,11-8-,12-9-,19-16-,20-17-,21-18-,28-25-,29-26-,30-27-,40-37-,42-39-,51-48-. The fourth-order valence-electron chi connectivity index (χ4n) is 6.85. The van der Waals surface area contributed by atoms with Crippen LogP contribution in [0.4, 0.5) is 0 Å². The lowest BCUT2D eigenvalue weighted by atomic mass is 10.1. The Balaban J connectivity index is 4.56. The summed E-state index contributed by atoms with van der Waals surface area (Å²) in [5, 5.41) is 0. The molecule has 0 aromatic heterocycles. The Hall–Kier alpha value is -4.71. The first-order valence-electron chi connectivity index (χ1n) is 27.3. The van der Waals surface area contributed by atoms with E-state index in [4.69, 9.17) is 14.2 Å².